The SMILES string of the molecule is CCC1CCc2sccc2C=C1C(=O)c1c(C)n(CCC(=O)O)c2ccccc12. The number of nitrogens with zero attached hydrogens (tertiary/aromatic N) is 1. The zero-order valence-electron chi connectivity index (χ0n) is 16.8. The molecule has 1 unspecified atom stereocenters. The number of fused-ring (bicyclic) bond motifs is 2. The lowest BCUT2D eigenvalue weighted by Gasteiger charge is -2.16. The Balaban J connectivity index is 1.84. The van der Waals surface area contributed by atoms with Crippen LogP contribution >= 0.6 is 11.3 Å². The summed E-state index contributed by atoms with van der Waals surface area (Å²) >= 11 is 1.76. The quantitative estimate of drug-likeness (QED) is 0.531. The van der Waals surface area contributed by atoms with Crippen molar-refractivity contribution in [1.29, 1.82) is 0 Å². The van der Waals surface area contributed by atoms with Gasteiger partial charge >= 0.3 is 5.97 Å². The highest BCUT2D eigenvalue weighted by atomic mass is 32.1. The van der Waals surface area contributed by atoms with Gasteiger partial charge < -0.3 is 9.67 Å². The fourth-order valence-corrected chi connectivity index (χ4v) is 5.34. The molecule has 0 saturated heterocycles. The Morgan fingerprint density at radius 3 is 2.79 bits per heavy atom. The lowest BCUT2D eigenvalue weighted by Crippen LogP contribution is -2.14. The lowest BCUT2D eigenvalue weighted by atomic mass is 9.86. The molecule has 0 aliphatic heterocycles. The number of carboxylic acids is 1. The molecule has 0 radical (unpaired) electrons. The molecular formula is C24H25NO3S. The molecule has 1 atom stereocenters. The minimum Gasteiger partial charge on any atom is -0.481 e. The maximum Gasteiger partial charge on any atom is 0.305 e. The molecule has 1 aliphatic carbocycles. The Bertz CT molecular complexity index is 1120. The molecule has 0 spiro atoms. The smallest absolute Gasteiger partial charge is 0.305 e. The average molecular weight is 408 g/mol. The highest BCUT2D eigenvalue weighted by molar-refractivity contribution is 7.10. The van der Waals surface area contributed by atoms with Gasteiger partial charge in [0.2, 0.25) is 0 Å². The van der Waals surface area contributed by atoms with Gasteiger partial charge in [-0.3, -0.25) is 9.59 Å². The number of hydrogen-bond acceptors (Lipinski definition) is 3. The van der Waals surface area contributed by atoms with E-state index in [9.17, 15) is 9.59 Å². The Labute approximate surface area is 174 Å². The standard InChI is InChI=1S/C24H25NO3S/c1-3-16-8-9-21-17(11-13-29-21)14-19(16)24(28)23-15(2)25(12-10-22(26)27)20-7-5-4-6-18(20)23/h4-7,11,13-14,16H,3,8-10,12H2,1-2H3,(H,26,27). The van der Waals surface area contributed by atoms with E-state index in [0.29, 0.717) is 6.54 Å². The second kappa shape index (κ2) is 7.99. The lowest BCUT2D eigenvalue weighted by molar-refractivity contribution is -0.137. The van der Waals surface area contributed by atoms with Crippen molar-refractivity contribution in [1.82, 2.24) is 4.57 Å². The van der Waals surface area contributed by atoms with E-state index in [0.717, 1.165) is 47.0 Å². The first-order valence-corrected chi connectivity index (χ1v) is 11.0. The maximum absolute atomic E-state index is 13.8. The third kappa shape index (κ3) is 3.55. The van der Waals surface area contributed by atoms with Crippen LogP contribution in [0.2, 0.25) is 0 Å². The molecule has 2 aromatic heterocycles. The number of aromatic nitrogens is 1. The van der Waals surface area contributed by atoms with Crippen molar-refractivity contribution in [2.45, 2.75) is 46.1 Å². The van der Waals surface area contributed by atoms with Gasteiger partial charge in [0.05, 0.1) is 12.0 Å². The molecule has 1 N–H and O–H groups in total. The summed E-state index contributed by atoms with van der Waals surface area (Å²) in [5, 5.41) is 12.1. The van der Waals surface area contributed by atoms with Gasteiger partial charge in [-0.15, -0.1) is 11.3 Å². The Kier molecular flexibility index (Phi) is 5.41. The minimum atomic E-state index is -0.836. The van der Waals surface area contributed by atoms with Crippen LogP contribution in [0, 0.1) is 12.8 Å². The molecule has 1 aliphatic rings. The van der Waals surface area contributed by atoms with E-state index in [1.165, 1.54) is 10.4 Å². The van der Waals surface area contributed by atoms with E-state index in [1.54, 1.807) is 11.3 Å². The number of aryl methyl sites for hydroxylation is 2. The number of carbonyl (C=O) groups excluding carboxylic acids is 1. The summed E-state index contributed by atoms with van der Waals surface area (Å²) in [7, 11) is 0. The van der Waals surface area contributed by atoms with E-state index in [1.807, 2.05) is 35.8 Å². The number of thiophene rings is 1. The first kappa shape index (κ1) is 19.6. The largest absolute Gasteiger partial charge is 0.481 e. The summed E-state index contributed by atoms with van der Waals surface area (Å²) in [4.78, 5) is 26.3. The van der Waals surface area contributed by atoms with Gasteiger partial charge in [-0.1, -0.05) is 25.1 Å². The second-order valence-corrected chi connectivity index (χ2v) is 8.65. The Morgan fingerprint density at radius 1 is 1.24 bits per heavy atom. The van der Waals surface area contributed by atoms with Crippen molar-refractivity contribution in [3.05, 3.63) is 63.0 Å². The van der Waals surface area contributed by atoms with Gasteiger partial charge in [0.25, 0.3) is 0 Å². The predicted molar refractivity (Wildman–Crippen MR) is 118 cm³/mol. The monoisotopic (exact) mass is 407 g/mol. The van der Waals surface area contributed by atoms with E-state index in [-0.39, 0.29) is 18.1 Å². The Hall–Kier alpha value is -2.66. The molecule has 0 bridgehead atoms. The van der Waals surface area contributed by atoms with Crippen molar-refractivity contribution in [2.75, 3.05) is 0 Å². The average Bonchev–Trinajstić information content (AvgIpc) is 3.21. The topological polar surface area (TPSA) is 59.3 Å². The van der Waals surface area contributed by atoms with E-state index >= 15 is 0 Å². The van der Waals surface area contributed by atoms with Crippen molar-refractivity contribution < 1.29 is 14.7 Å². The molecule has 4 rings (SSSR count). The zero-order valence-corrected chi connectivity index (χ0v) is 17.6. The molecule has 5 heteroatoms. The van der Waals surface area contributed by atoms with Gasteiger partial charge in [0, 0.05) is 33.6 Å². The third-order valence-electron chi connectivity index (χ3n) is 6.01. The number of carboxylic acid groups (broad SMARTS) is 1. The summed E-state index contributed by atoms with van der Waals surface area (Å²) in [5.74, 6) is -0.515. The van der Waals surface area contributed by atoms with Crippen molar-refractivity contribution >= 4 is 40.1 Å². The maximum atomic E-state index is 13.8. The number of ketones is 1. The molecule has 4 nitrogen and oxygen atoms in total. The number of rotatable bonds is 6. The van der Waals surface area contributed by atoms with Crippen molar-refractivity contribution in [3.8, 4) is 0 Å². The summed E-state index contributed by atoms with van der Waals surface area (Å²) in [6, 6.07) is 9.92. The number of benzene rings is 1. The molecule has 0 fully saturated rings. The molecule has 3 aromatic rings. The van der Waals surface area contributed by atoms with Crippen molar-refractivity contribution in [2.24, 2.45) is 5.92 Å². The highest BCUT2D eigenvalue weighted by Crippen LogP contribution is 2.36. The minimum absolute atomic E-state index is 0.0334. The van der Waals surface area contributed by atoms with Crippen LogP contribution in [0.4, 0.5) is 0 Å². The second-order valence-electron chi connectivity index (χ2n) is 7.64. The molecule has 0 saturated carbocycles. The van der Waals surface area contributed by atoms with Crippen LogP contribution in [0.5, 0.6) is 0 Å². The number of hydrogen-bond donors (Lipinski definition) is 1. The molecule has 2 heterocycles. The molecular weight excluding hydrogens is 382 g/mol. The Morgan fingerprint density at radius 2 is 2.03 bits per heavy atom. The molecule has 0 amide bonds. The first-order chi connectivity index (χ1) is 14.0. The first-order valence-electron chi connectivity index (χ1n) is 10.1. The van der Waals surface area contributed by atoms with E-state index < -0.39 is 5.97 Å². The van der Waals surface area contributed by atoms with E-state index in [2.05, 4.69) is 24.4 Å². The predicted octanol–water partition coefficient (Wildman–Crippen LogP) is 5.72. The summed E-state index contributed by atoms with van der Waals surface area (Å²) in [6.07, 6.45) is 5.06. The van der Waals surface area contributed by atoms with Crippen LogP contribution < -0.4 is 0 Å². The molecule has 1 aromatic carbocycles. The number of carbonyl (C=O) groups is 2. The van der Waals surface area contributed by atoms with Gasteiger partial charge in [-0.2, -0.15) is 0 Å². The van der Waals surface area contributed by atoms with Crippen LogP contribution in [-0.2, 0) is 17.8 Å². The van der Waals surface area contributed by atoms with Crippen molar-refractivity contribution in [3.63, 3.8) is 0 Å². The number of Topliss-reactive ketones (excluding diaryl/α,β-unsaturated/α-hetero) is 1. The van der Waals surface area contributed by atoms with Crippen LogP contribution in [0.1, 0.15) is 52.7 Å². The zero-order chi connectivity index (χ0) is 20.5. The number of allylic oxidation sites excluding steroid dienone is 1. The summed E-state index contributed by atoms with van der Waals surface area (Å²) < 4.78 is 1.98. The van der Waals surface area contributed by atoms with E-state index in [4.69, 9.17) is 5.11 Å². The third-order valence-corrected chi connectivity index (χ3v) is 7.01. The molecule has 29 heavy (non-hydrogen) atoms. The normalized spacial score (nSPS) is 16.3. The van der Waals surface area contributed by atoms with Gasteiger partial charge in [-0.05, 0) is 61.3 Å². The number of para-hydroxylation sites is 1. The fraction of sp³-hybridized carbons (Fsp3) is 0.333. The van der Waals surface area contributed by atoms with Crippen LogP contribution in [0.25, 0.3) is 17.0 Å². The van der Waals surface area contributed by atoms with Gasteiger partial charge in [0.1, 0.15) is 0 Å². The van der Waals surface area contributed by atoms with Gasteiger partial charge in [0.15, 0.2) is 5.78 Å². The summed E-state index contributed by atoms with van der Waals surface area (Å²) in [5.41, 5.74) is 4.54. The fourth-order valence-electron chi connectivity index (χ4n) is 4.46. The van der Waals surface area contributed by atoms with Crippen LogP contribution in [0.3, 0.4) is 0 Å². The molecule has 150 valence electrons. The van der Waals surface area contributed by atoms with Gasteiger partial charge in [-0.25, -0.2) is 0 Å². The number of aliphatic carboxylic acids is 1. The van der Waals surface area contributed by atoms with Crippen LogP contribution in [-0.4, -0.2) is 21.4 Å². The highest BCUT2D eigenvalue weighted by Gasteiger charge is 2.28. The summed E-state index contributed by atoms with van der Waals surface area (Å²) in [6.45, 7) is 4.44. The van der Waals surface area contributed by atoms with Crippen LogP contribution in [0.15, 0.2) is 41.3 Å².